The van der Waals surface area contributed by atoms with Gasteiger partial charge < -0.3 is 14.2 Å². The Kier molecular flexibility index (Phi) is 7.28. The fraction of sp³-hybridized carbons (Fsp3) is 0.269. The van der Waals surface area contributed by atoms with Crippen molar-refractivity contribution in [2.24, 2.45) is 4.99 Å². The van der Waals surface area contributed by atoms with Gasteiger partial charge in [0.1, 0.15) is 11.5 Å². The summed E-state index contributed by atoms with van der Waals surface area (Å²) >= 11 is 4.77. The minimum atomic E-state index is -0.690. The molecule has 7 nitrogen and oxygen atoms in total. The summed E-state index contributed by atoms with van der Waals surface area (Å²) in [5.74, 6) is 0.879. The number of esters is 1. The minimum Gasteiger partial charge on any atom is -0.496 e. The number of aryl methyl sites for hydroxylation is 1. The van der Waals surface area contributed by atoms with Crippen molar-refractivity contribution < 1.29 is 19.0 Å². The highest BCUT2D eigenvalue weighted by Gasteiger charge is 2.33. The number of fused-ring (bicyclic) bond motifs is 1. The fourth-order valence-corrected chi connectivity index (χ4v) is 5.64. The standard InChI is InChI=1S/C26H25BrN2O5S/c1-6-34-25(31)22-15(3)28-26-29(23(22)17-9-7-14(2)20(13-17)33-5)24(30)21(35-26)12-16-8-10-19(32-4)18(27)11-16/h7-13,23H,6H2,1-5H3. The monoisotopic (exact) mass is 556 g/mol. The number of ether oxygens (including phenoxy) is 3. The average molecular weight is 557 g/mol. The van der Waals surface area contributed by atoms with Gasteiger partial charge in [-0.3, -0.25) is 9.36 Å². The predicted molar refractivity (Wildman–Crippen MR) is 139 cm³/mol. The molecule has 0 spiro atoms. The van der Waals surface area contributed by atoms with Crippen LogP contribution in [0.3, 0.4) is 0 Å². The molecule has 3 aromatic rings. The van der Waals surface area contributed by atoms with Crippen molar-refractivity contribution in [3.63, 3.8) is 0 Å². The minimum absolute atomic E-state index is 0.219. The van der Waals surface area contributed by atoms with Crippen LogP contribution in [0, 0.1) is 6.92 Å². The first-order valence-electron chi connectivity index (χ1n) is 11.0. The Morgan fingerprint density at radius 3 is 2.54 bits per heavy atom. The van der Waals surface area contributed by atoms with Gasteiger partial charge in [-0.25, -0.2) is 9.79 Å². The van der Waals surface area contributed by atoms with E-state index in [0.29, 0.717) is 32.1 Å². The van der Waals surface area contributed by atoms with Crippen LogP contribution in [0.1, 0.15) is 36.6 Å². The van der Waals surface area contributed by atoms with Gasteiger partial charge in [0.15, 0.2) is 4.80 Å². The molecule has 35 heavy (non-hydrogen) atoms. The highest BCUT2D eigenvalue weighted by atomic mass is 79.9. The summed E-state index contributed by atoms with van der Waals surface area (Å²) in [4.78, 5) is 31.9. The number of thiazole rings is 1. The van der Waals surface area contributed by atoms with E-state index in [1.807, 2.05) is 49.4 Å². The van der Waals surface area contributed by atoms with Gasteiger partial charge in [-0.15, -0.1) is 0 Å². The topological polar surface area (TPSA) is 79.1 Å². The van der Waals surface area contributed by atoms with Crippen molar-refractivity contribution in [2.45, 2.75) is 26.8 Å². The van der Waals surface area contributed by atoms with E-state index >= 15 is 0 Å². The van der Waals surface area contributed by atoms with Crippen LogP contribution >= 0.6 is 27.3 Å². The molecule has 1 aliphatic heterocycles. The summed E-state index contributed by atoms with van der Waals surface area (Å²) in [6.45, 7) is 5.67. The Morgan fingerprint density at radius 2 is 1.89 bits per heavy atom. The van der Waals surface area contributed by atoms with E-state index < -0.39 is 12.0 Å². The van der Waals surface area contributed by atoms with Crippen LogP contribution in [0.4, 0.5) is 0 Å². The van der Waals surface area contributed by atoms with E-state index in [-0.39, 0.29) is 12.2 Å². The molecule has 1 aromatic heterocycles. The van der Waals surface area contributed by atoms with Gasteiger partial charge in [0.2, 0.25) is 0 Å². The van der Waals surface area contributed by atoms with E-state index in [9.17, 15) is 9.59 Å². The molecule has 0 saturated heterocycles. The second-order valence-electron chi connectivity index (χ2n) is 7.93. The lowest BCUT2D eigenvalue weighted by Gasteiger charge is -2.25. The molecule has 182 valence electrons. The summed E-state index contributed by atoms with van der Waals surface area (Å²) in [7, 11) is 3.19. The average Bonchev–Trinajstić information content (AvgIpc) is 3.13. The molecule has 0 saturated carbocycles. The van der Waals surface area contributed by atoms with E-state index in [2.05, 4.69) is 20.9 Å². The summed E-state index contributed by atoms with van der Waals surface area (Å²) in [6.07, 6.45) is 1.81. The molecule has 0 amide bonds. The number of aromatic nitrogens is 1. The highest BCUT2D eigenvalue weighted by molar-refractivity contribution is 9.10. The fourth-order valence-electron chi connectivity index (χ4n) is 4.04. The van der Waals surface area contributed by atoms with Crippen LogP contribution in [0.2, 0.25) is 0 Å². The Morgan fingerprint density at radius 1 is 1.14 bits per heavy atom. The third-order valence-corrected chi connectivity index (χ3v) is 7.34. The highest BCUT2D eigenvalue weighted by Crippen LogP contribution is 2.33. The maximum atomic E-state index is 13.7. The third kappa shape index (κ3) is 4.70. The lowest BCUT2D eigenvalue weighted by Crippen LogP contribution is -2.40. The number of nitrogens with zero attached hydrogens (tertiary/aromatic N) is 2. The third-order valence-electron chi connectivity index (χ3n) is 5.74. The van der Waals surface area contributed by atoms with Gasteiger partial charge >= 0.3 is 5.97 Å². The number of allylic oxidation sites excluding steroid dienone is 1. The second-order valence-corrected chi connectivity index (χ2v) is 9.79. The van der Waals surface area contributed by atoms with Crippen molar-refractivity contribution in [2.75, 3.05) is 20.8 Å². The van der Waals surface area contributed by atoms with Gasteiger partial charge in [0.05, 0.1) is 47.1 Å². The molecule has 1 unspecified atom stereocenters. The van der Waals surface area contributed by atoms with Gasteiger partial charge in [0.25, 0.3) is 5.56 Å². The smallest absolute Gasteiger partial charge is 0.338 e. The molecule has 1 atom stereocenters. The summed E-state index contributed by atoms with van der Waals surface area (Å²) < 4.78 is 19.0. The Bertz CT molecular complexity index is 1520. The Balaban J connectivity index is 1.95. The largest absolute Gasteiger partial charge is 0.496 e. The van der Waals surface area contributed by atoms with E-state index in [1.54, 1.807) is 32.6 Å². The molecule has 0 aliphatic carbocycles. The molecule has 2 aromatic carbocycles. The van der Waals surface area contributed by atoms with Crippen LogP contribution in [0.5, 0.6) is 11.5 Å². The number of hydrogen-bond donors (Lipinski definition) is 0. The van der Waals surface area contributed by atoms with Crippen molar-refractivity contribution in [1.82, 2.24) is 4.57 Å². The summed E-state index contributed by atoms with van der Waals surface area (Å²) in [5, 5.41) is 0. The molecule has 0 bridgehead atoms. The number of halogens is 1. The van der Waals surface area contributed by atoms with Crippen molar-refractivity contribution in [3.05, 3.63) is 88.5 Å². The SMILES string of the molecule is CCOC(=O)C1=C(C)N=c2sc(=Cc3ccc(OC)c(Br)c3)c(=O)n2C1c1ccc(C)c(OC)c1. The van der Waals surface area contributed by atoms with Gasteiger partial charge in [-0.1, -0.05) is 29.5 Å². The molecule has 0 fully saturated rings. The molecule has 9 heteroatoms. The van der Waals surface area contributed by atoms with Gasteiger partial charge in [0, 0.05) is 0 Å². The zero-order valence-electron chi connectivity index (χ0n) is 20.0. The molecule has 2 heterocycles. The van der Waals surface area contributed by atoms with Crippen molar-refractivity contribution in [3.8, 4) is 11.5 Å². The lowest BCUT2D eigenvalue weighted by atomic mass is 9.95. The van der Waals surface area contributed by atoms with Crippen molar-refractivity contribution >= 4 is 39.3 Å². The second kappa shape index (κ2) is 10.2. The maximum absolute atomic E-state index is 13.7. The zero-order chi connectivity index (χ0) is 25.3. The Hall–Kier alpha value is -3.17. The van der Waals surface area contributed by atoms with E-state index in [4.69, 9.17) is 14.2 Å². The summed E-state index contributed by atoms with van der Waals surface area (Å²) in [5.41, 5.74) is 3.14. The van der Waals surface area contributed by atoms with Crippen LogP contribution in [-0.4, -0.2) is 31.4 Å². The lowest BCUT2D eigenvalue weighted by molar-refractivity contribution is -0.139. The van der Waals surface area contributed by atoms with Gasteiger partial charge in [-0.2, -0.15) is 0 Å². The molecule has 4 rings (SSSR count). The molecular formula is C26H25BrN2O5S. The number of carbonyl (C=O) groups is 1. The van der Waals surface area contributed by atoms with Crippen LogP contribution < -0.4 is 24.4 Å². The maximum Gasteiger partial charge on any atom is 0.338 e. The first-order chi connectivity index (χ1) is 16.8. The quantitative estimate of drug-likeness (QED) is 0.430. The first-order valence-corrected chi connectivity index (χ1v) is 12.6. The number of hydrogen-bond acceptors (Lipinski definition) is 7. The molecule has 1 aliphatic rings. The van der Waals surface area contributed by atoms with Crippen LogP contribution in [-0.2, 0) is 9.53 Å². The zero-order valence-corrected chi connectivity index (χ0v) is 22.5. The van der Waals surface area contributed by atoms with Crippen LogP contribution in [0.15, 0.2) is 61.9 Å². The Labute approximate surface area is 215 Å². The predicted octanol–water partition coefficient (Wildman–Crippen LogP) is 3.89. The molecule has 0 radical (unpaired) electrons. The van der Waals surface area contributed by atoms with E-state index in [1.165, 1.54) is 11.3 Å². The van der Waals surface area contributed by atoms with Gasteiger partial charge in [-0.05, 0) is 77.7 Å². The van der Waals surface area contributed by atoms with E-state index in [0.717, 1.165) is 21.2 Å². The van der Waals surface area contributed by atoms with Crippen LogP contribution in [0.25, 0.3) is 6.08 Å². The number of carbonyl (C=O) groups excluding carboxylic acids is 1. The number of benzene rings is 2. The van der Waals surface area contributed by atoms with Crippen molar-refractivity contribution in [1.29, 1.82) is 0 Å². The molecular weight excluding hydrogens is 532 g/mol. The summed E-state index contributed by atoms with van der Waals surface area (Å²) in [6, 6.07) is 10.6. The normalized spacial score (nSPS) is 15.5. The number of rotatable bonds is 6. The first kappa shape index (κ1) is 24.9. The number of methoxy groups -OCH3 is 2. The molecule has 0 N–H and O–H groups in total.